The van der Waals surface area contributed by atoms with E-state index in [1.54, 1.807) is 11.8 Å². The van der Waals surface area contributed by atoms with Crippen LogP contribution in [0.2, 0.25) is 0 Å². The van der Waals surface area contributed by atoms with Gasteiger partial charge in [-0.15, -0.1) is 11.8 Å². The molecule has 2 N–H and O–H groups in total. The van der Waals surface area contributed by atoms with E-state index in [2.05, 4.69) is 50.4 Å². The van der Waals surface area contributed by atoms with E-state index >= 15 is 0 Å². The Labute approximate surface area is 122 Å². The van der Waals surface area contributed by atoms with Crippen LogP contribution in [-0.2, 0) is 0 Å². The smallest absolute Gasteiger partial charge is 0.0631 e. The zero-order valence-electron chi connectivity index (χ0n) is 12.5. The Morgan fingerprint density at radius 3 is 2.26 bits per heavy atom. The van der Waals surface area contributed by atoms with Crippen LogP contribution in [0.25, 0.3) is 0 Å². The summed E-state index contributed by atoms with van der Waals surface area (Å²) in [5.41, 5.74) is 1.35. The molecule has 0 amide bonds. The van der Waals surface area contributed by atoms with Gasteiger partial charge in [0.25, 0.3) is 0 Å². The lowest BCUT2D eigenvalue weighted by molar-refractivity contribution is 0.196. The van der Waals surface area contributed by atoms with Gasteiger partial charge >= 0.3 is 0 Å². The molecule has 0 spiro atoms. The maximum Gasteiger partial charge on any atom is 0.0631 e. The first-order chi connectivity index (χ1) is 9.08. The standard InChI is InChI=1S/C16H27NOS/c1-5-11-17-16(6-2)14-7-9-15(10-8-14)19-13(4)12(3)18/h7-10,12-13,16-18H,5-6,11H2,1-4H3. The van der Waals surface area contributed by atoms with Crippen molar-refractivity contribution >= 4 is 11.8 Å². The minimum atomic E-state index is -0.278. The second-order valence-electron chi connectivity index (χ2n) is 5.05. The highest BCUT2D eigenvalue weighted by molar-refractivity contribution is 8.00. The first-order valence-corrected chi connectivity index (χ1v) is 8.14. The van der Waals surface area contributed by atoms with Crippen molar-refractivity contribution in [1.82, 2.24) is 5.32 Å². The fraction of sp³-hybridized carbons (Fsp3) is 0.625. The van der Waals surface area contributed by atoms with E-state index in [9.17, 15) is 5.11 Å². The molecule has 0 saturated heterocycles. The topological polar surface area (TPSA) is 32.3 Å². The molecule has 3 heteroatoms. The number of rotatable bonds is 8. The Morgan fingerprint density at radius 1 is 1.16 bits per heavy atom. The number of hydrogen-bond acceptors (Lipinski definition) is 3. The lowest BCUT2D eigenvalue weighted by Crippen LogP contribution is -2.21. The molecule has 0 fully saturated rings. The van der Waals surface area contributed by atoms with Gasteiger partial charge in [0, 0.05) is 16.2 Å². The van der Waals surface area contributed by atoms with Crippen LogP contribution in [0.1, 0.15) is 52.1 Å². The summed E-state index contributed by atoms with van der Waals surface area (Å²) in [4.78, 5) is 1.22. The summed E-state index contributed by atoms with van der Waals surface area (Å²) >= 11 is 1.73. The van der Waals surface area contributed by atoms with Crippen LogP contribution in [0.5, 0.6) is 0 Å². The van der Waals surface area contributed by atoms with Crippen molar-refractivity contribution in [2.45, 2.75) is 62.8 Å². The summed E-state index contributed by atoms with van der Waals surface area (Å²) in [5.74, 6) is 0. The summed E-state index contributed by atoms with van der Waals surface area (Å²) in [7, 11) is 0. The molecule has 3 unspecified atom stereocenters. The molecule has 0 aromatic heterocycles. The summed E-state index contributed by atoms with van der Waals surface area (Å²) in [6.07, 6.45) is 1.99. The van der Waals surface area contributed by atoms with Crippen molar-refractivity contribution in [3.63, 3.8) is 0 Å². The van der Waals surface area contributed by atoms with Gasteiger partial charge in [0.1, 0.15) is 0 Å². The number of thioether (sulfide) groups is 1. The van der Waals surface area contributed by atoms with Gasteiger partial charge in [-0.2, -0.15) is 0 Å². The average Bonchev–Trinajstić information content (AvgIpc) is 2.41. The minimum Gasteiger partial charge on any atom is -0.392 e. The van der Waals surface area contributed by atoms with E-state index in [1.807, 2.05) is 6.92 Å². The third-order valence-electron chi connectivity index (χ3n) is 3.33. The minimum absolute atomic E-state index is 0.228. The van der Waals surface area contributed by atoms with Crippen LogP contribution in [-0.4, -0.2) is 23.0 Å². The summed E-state index contributed by atoms with van der Waals surface area (Å²) in [5, 5.41) is 13.3. The van der Waals surface area contributed by atoms with Crippen LogP contribution in [0.4, 0.5) is 0 Å². The van der Waals surface area contributed by atoms with Gasteiger partial charge in [-0.1, -0.05) is 32.9 Å². The second-order valence-corrected chi connectivity index (χ2v) is 6.50. The lowest BCUT2D eigenvalue weighted by Gasteiger charge is -2.18. The molecule has 0 heterocycles. The van der Waals surface area contributed by atoms with Crippen LogP contribution >= 0.6 is 11.8 Å². The summed E-state index contributed by atoms with van der Waals surface area (Å²) in [6.45, 7) is 9.37. The molecule has 2 nitrogen and oxygen atoms in total. The first-order valence-electron chi connectivity index (χ1n) is 7.26. The molecule has 3 atom stereocenters. The molecule has 0 saturated carbocycles. The van der Waals surface area contributed by atoms with Crippen molar-refractivity contribution in [1.29, 1.82) is 0 Å². The normalized spacial score (nSPS) is 16.1. The Bertz CT molecular complexity index is 350. The van der Waals surface area contributed by atoms with E-state index in [4.69, 9.17) is 0 Å². The Kier molecular flexibility index (Phi) is 7.51. The highest BCUT2D eigenvalue weighted by Gasteiger charge is 2.11. The van der Waals surface area contributed by atoms with Gasteiger partial charge in [0.15, 0.2) is 0 Å². The number of aliphatic hydroxyl groups is 1. The van der Waals surface area contributed by atoms with E-state index in [0.717, 1.165) is 19.4 Å². The lowest BCUT2D eigenvalue weighted by atomic mass is 10.0. The zero-order valence-corrected chi connectivity index (χ0v) is 13.3. The fourth-order valence-electron chi connectivity index (χ4n) is 1.91. The Morgan fingerprint density at radius 2 is 1.79 bits per heavy atom. The van der Waals surface area contributed by atoms with Crippen molar-refractivity contribution in [2.24, 2.45) is 0 Å². The molecule has 1 aromatic rings. The highest BCUT2D eigenvalue weighted by atomic mass is 32.2. The van der Waals surface area contributed by atoms with Crippen LogP contribution in [0, 0.1) is 0 Å². The molecule has 0 aliphatic heterocycles. The van der Waals surface area contributed by atoms with Crippen LogP contribution in [0.3, 0.4) is 0 Å². The third kappa shape index (κ3) is 5.55. The average molecular weight is 281 g/mol. The molecule has 108 valence electrons. The predicted octanol–water partition coefficient (Wildman–Crippen LogP) is 4.00. The van der Waals surface area contributed by atoms with Crippen molar-refractivity contribution < 1.29 is 5.11 Å². The van der Waals surface area contributed by atoms with E-state index < -0.39 is 0 Å². The Hall–Kier alpha value is -0.510. The highest BCUT2D eigenvalue weighted by Crippen LogP contribution is 2.27. The molecule has 0 bridgehead atoms. The molecule has 19 heavy (non-hydrogen) atoms. The summed E-state index contributed by atoms with van der Waals surface area (Å²) in [6, 6.07) is 9.18. The quantitative estimate of drug-likeness (QED) is 0.706. The predicted molar refractivity (Wildman–Crippen MR) is 84.8 cm³/mol. The number of nitrogens with one attached hydrogen (secondary N) is 1. The van der Waals surface area contributed by atoms with Gasteiger partial charge in [-0.05, 0) is 44.0 Å². The molecule has 0 aliphatic carbocycles. The maximum atomic E-state index is 9.53. The summed E-state index contributed by atoms with van der Waals surface area (Å²) < 4.78 is 0. The largest absolute Gasteiger partial charge is 0.392 e. The van der Waals surface area contributed by atoms with Gasteiger partial charge < -0.3 is 10.4 Å². The van der Waals surface area contributed by atoms with Gasteiger partial charge in [-0.3, -0.25) is 0 Å². The molecular formula is C16H27NOS. The maximum absolute atomic E-state index is 9.53. The monoisotopic (exact) mass is 281 g/mol. The van der Waals surface area contributed by atoms with E-state index in [-0.39, 0.29) is 11.4 Å². The number of hydrogen-bond donors (Lipinski definition) is 2. The van der Waals surface area contributed by atoms with Gasteiger partial charge in [0.2, 0.25) is 0 Å². The molecule has 0 aliphatic rings. The van der Waals surface area contributed by atoms with E-state index in [1.165, 1.54) is 10.5 Å². The molecule has 1 rings (SSSR count). The van der Waals surface area contributed by atoms with Crippen molar-refractivity contribution in [3.05, 3.63) is 29.8 Å². The second kappa shape index (κ2) is 8.62. The van der Waals surface area contributed by atoms with Crippen molar-refractivity contribution in [3.8, 4) is 0 Å². The number of aliphatic hydroxyl groups excluding tert-OH is 1. The number of benzene rings is 1. The third-order valence-corrected chi connectivity index (χ3v) is 4.64. The van der Waals surface area contributed by atoms with Gasteiger partial charge in [-0.25, -0.2) is 0 Å². The zero-order chi connectivity index (χ0) is 14.3. The first kappa shape index (κ1) is 16.5. The fourth-order valence-corrected chi connectivity index (χ4v) is 2.83. The van der Waals surface area contributed by atoms with Crippen LogP contribution in [0.15, 0.2) is 29.2 Å². The van der Waals surface area contributed by atoms with E-state index in [0.29, 0.717) is 6.04 Å². The molecule has 0 radical (unpaired) electrons. The van der Waals surface area contributed by atoms with Crippen molar-refractivity contribution in [2.75, 3.05) is 6.54 Å². The molecular weight excluding hydrogens is 254 g/mol. The van der Waals surface area contributed by atoms with Gasteiger partial charge in [0.05, 0.1) is 6.10 Å². The Balaban J connectivity index is 2.64. The van der Waals surface area contributed by atoms with Crippen LogP contribution < -0.4 is 5.32 Å². The molecule has 1 aromatic carbocycles. The SMILES string of the molecule is CCCNC(CC)c1ccc(SC(C)C(C)O)cc1.